The number of alkyl halides is 2. The number of nitrogens with zero attached hydrogens (tertiary/aromatic N) is 3. The highest BCUT2D eigenvalue weighted by molar-refractivity contribution is 6.17. The highest BCUT2D eigenvalue weighted by Crippen LogP contribution is 2.49. The normalized spacial score (nSPS) is 16.9. The fourth-order valence-corrected chi connectivity index (χ4v) is 17.5. The summed E-state index contributed by atoms with van der Waals surface area (Å²) in [7, 11) is 0. The number of pyridine rings is 3. The number of rotatable bonds is 12. The van der Waals surface area contributed by atoms with Gasteiger partial charge < -0.3 is 0 Å². The topological polar surface area (TPSA) is 38.7 Å². The first-order valence-electron chi connectivity index (χ1n) is 37.9. The number of fused-ring (bicyclic) bond motifs is 8. The van der Waals surface area contributed by atoms with Crippen molar-refractivity contribution in [3.05, 3.63) is 394 Å². The van der Waals surface area contributed by atoms with Gasteiger partial charge in [0.25, 0.3) is 0 Å². The highest BCUT2D eigenvalue weighted by Gasteiger charge is 2.33. The molecule has 3 heterocycles. The third kappa shape index (κ3) is 17.2. The first kappa shape index (κ1) is 70.8. The number of benzene rings is 8. The van der Waals surface area contributed by atoms with Crippen LogP contribution >= 0.6 is 23.2 Å². The zero-order valence-corrected chi connectivity index (χ0v) is 62.2. The second-order valence-electron chi connectivity index (χ2n) is 29.6. The second-order valence-corrected chi connectivity index (χ2v) is 30.1. The summed E-state index contributed by atoms with van der Waals surface area (Å²) < 4.78 is 0. The van der Waals surface area contributed by atoms with E-state index in [1.165, 1.54) is 178 Å². The number of hydrogen-bond acceptors (Lipinski definition) is 3. The molecule has 3 atom stereocenters. The summed E-state index contributed by atoms with van der Waals surface area (Å²) in [5.74, 6) is 2.65. The molecule has 0 saturated carbocycles. The molecule has 8 aliphatic rings. The number of hydrogen-bond donors (Lipinski definition) is 0. The Bertz CT molecular complexity index is 4640. The molecule has 8 aromatic carbocycles. The van der Waals surface area contributed by atoms with Crippen LogP contribution in [0.4, 0.5) is 0 Å². The molecular weight excluding hydrogens is 1290 g/mol. The van der Waals surface area contributed by atoms with Crippen molar-refractivity contribution in [1.82, 2.24) is 15.0 Å². The number of aryl methyl sites for hydroxylation is 8. The van der Waals surface area contributed by atoms with Crippen molar-refractivity contribution >= 4 is 46.5 Å². The minimum atomic E-state index is 0.458. The van der Waals surface area contributed by atoms with Gasteiger partial charge in [0.2, 0.25) is 0 Å². The zero-order chi connectivity index (χ0) is 70.4. The van der Waals surface area contributed by atoms with E-state index in [9.17, 15) is 0 Å². The van der Waals surface area contributed by atoms with Crippen LogP contribution in [0, 0.1) is 0 Å². The Kier molecular flexibility index (Phi) is 23.3. The molecule has 3 nitrogen and oxygen atoms in total. The summed E-state index contributed by atoms with van der Waals surface area (Å²) in [6.45, 7) is 9.21. The van der Waals surface area contributed by atoms with E-state index in [0.29, 0.717) is 29.5 Å². The summed E-state index contributed by atoms with van der Waals surface area (Å²) in [4.78, 5) is 13.2. The van der Waals surface area contributed by atoms with Gasteiger partial charge in [-0.1, -0.05) is 223 Å². The van der Waals surface area contributed by atoms with Gasteiger partial charge in [0.1, 0.15) is 0 Å². The lowest BCUT2D eigenvalue weighted by Crippen LogP contribution is -2.04. The van der Waals surface area contributed by atoms with Crippen molar-refractivity contribution in [3.8, 4) is 0 Å². The van der Waals surface area contributed by atoms with E-state index in [1.54, 1.807) is 67.4 Å². The predicted octanol–water partition coefficient (Wildman–Crippen LogP) is 24.2. The maximum atomic E-state index is 5.53. The van der Waals surface area contributed by atoms with Crippen LogP contribution in [-0.4, -0.2) is 15.0 Å². The monoisotopic (exact) mass is 1390 g/mol. The van der Waals surface area contributed by atoms with E-state index in [2.05, 4.69) is 219 Å². The van der Waals surface area contributed by atoms with Crippen molar-refractivity contribution in [2.24, 2.45) is 0 Å². The Morgan fingerprint density at radius 3 is 1.18 bits per heavy atom. The molecule has 0 amide bonds. The van der Waals surface area contributed by atoms with Crippen molar-refractivity contribution in [2.45, 2.75) is 173 Å². The molecule has 0 saturated heterocycles. The fraction of sp³-hybridized carbons (Fsp3) is 0.276. The molecular formula is C98H97Cl2N3. The Morgan fingerprint density at radius 2 is 0.718 bits per heavy atom. The molecule has 8 aliphatic carbocycles. The molecule has 0 N–H and O–H groups in total. The molecule has 5 heteroatoms. The zero-order valence-electron chi connectivity index (χ0n) is 60.7. The Morgan fingerprint density at radius 1 is 0.320 bits per heavy atom. The quantitative estimate of drug-likeness (QED) is 0.114. The van der Waals surface area contributed by atoms with Crippen LogP contribution in [0.15, 0.2) is 265 Å². The second kappa shape index (κ2) is 33.9. The molecule has 19 rings (SSSR count). The van der Waals surface area contributed by atoms with Crippen molar-refractivity contribution in [3.63, 3.8) is 0 Å². The van der Waals surface area contributed by atoms with E-state index < -0.39 is 0 Å². The summed E-state index contributed by atoms with van der Waals surface area (Å²) in [5, 5.41) is 0. The van der Waals surface area contributed by atoms with Gasteiger partial charge in [-0.3, -0.25) is 15.0 Å². The van der Waals surface area contributed by atoms with E-state index >= 15 is 0 Å². The molecule has 103 heavy (non-hydrogen) atoms. The minimum Gasteiger partial charge on any atom is -0.261 e. The van der Waals surface area contributed by atoms with Gasteiger partial charge >= 0.3 is 0 Å². The predicted molar refractivity (Wildman–Crippen MR) is 434 cm³/mol. The van der Waals surface area contributed by atoms with E-state index in [4.69, 9.17) is 23.2 Å². The molecule has 0 spiro atoms. The van der Waals surface area contributed by atoms with E-state index in [-0.39, 0.29) is 0 Å². The highest BCUT2D eigenvalue weighted by atomic mass is 35.5. The van der Waals surface area contributed by atoms with Crippen LogP contribution in [0.5, 0.6) is 0 Å². The summed E-state index contributed by atoms with van der Waals surface area (Å²) in [5.41, 5.74) is 42.7. The molecule has 3 aromatic heterocycles. The van der Waals surface area contributed by atoms with Crippen LogP contribution < -0.4 is 0 Å². The van der Waals surface area contributed by atoms with Gasteiger partial charge in [-0.05, 0) is 289 Å². The summed E-state index contributed by atoms with van der Waals surface area (Å²) in [6, 6.07) is 80.7. The van der Waals surface area contributed by atoms with Crippen LogP contribution in [0.2, 0.25) is 0 Å². The maximum absolute atomic E-state index is 5.53. The average Bonchev–Trinajstić information content (AvgIpc) is 1.64. The Balaban J connectivity index is 0.000000110. The fourth-order valence-electron chi connectivity index (χ4n) is 17.2. The van der Waals surface area contributed by atoms with E-state index in [1.807, 2.05) is 73.1 Å². The van der Waals surface area contributed by atoms with Crippen LogP contribution in [-0.2, 0) is 102 Å². The first-order chi connectivity index (χ1) is 50.6. The lowest BCUT2D eigenvalue weighted by atomic mass is 9.88. The van der Waals surface area contributed by atoms with Gasteiger partial charge in [0.05, 0.1) is 11.6 Å². The van der Waals surface area contributed by atoms with Crippen LogP contribution in [0.1, 0.15) is 199 Å². The van der Waals surface area contributed by atoms with Crippen molar-refractivity contribution in [1.29, 1.82) is 0 Å². The number of halogens is 2. The lowest BCUT2D eigenvalue weighted by molar-refractivity contribution is 0.779. The van der Waals surface area contributed by atoms with Crippen LogP contribution in [0.25, 0.3) is 23.3 Å². The average molecular weight is 1390 g/mol. The number of aromatic nitrogens is 3. The lowest BCUT2D eigenvalue weighted by Gasteiger charge is -2.16. The Labute approximate surface area is 623 Å². The maximum Gasteiger partial charge on any atom is 0.0647 e. The number of allylic oxidation sites excluding steroid dienone is 6. The summed E-state index contributed by atoms with van der Waals surface area (Å²) >= 11 is 11.0. The van der Waals surface area contributed by atoms with Gasteiger partial charge in [0, 0.05) is 66.5 Å². The van der Waals surface area contributed by atoms with E-state index in [0.717, 1.165) is 37.8 Å². The van der Waals surface area contributed by atoms with Gasteiger partial charge in [0.15, 0.2) is 0 Å². The molecule has 3 unspecified atom stereocenters. The minimum absolute atomic E-state index is 0.458. The third-order valence-corrected chi connectivity index (χ3v) is 23.2. The summed E-state index contributed by atoms with van der Waals surface area (Å²) in [6.07, 6.45) is 32.1. The molecule has 0 radical (unpaired) electrons. The van der Waals surface area contributed by atoms with Crippen LogP contribution in [0.3, 0.4) is 0 Å². The van der Waals surface area contributed by atoms with Gasteiger partial charge in [-0.2, -0.15) is 0 Å². The molecule has 0 bridgehead atoms. The smallest absolute Gasteiger partial charge is 0.0647 e. The van der Waals surface area contributed by atoms with Crippen molar-refractivity contribution < 1.29 is 0 Å². The molecule has 11 aromatic rings. The SMILES string of the molecule is CC1=C(Cc2ccccc2)c2cc3c(cc2C1Cc1ccccn1)CCC3.CC1=C(Cc2ccccn2)c2cc3c(cc2C1Cc1ccccc1)CCC3.CC1=Cc2cc3c(cc2C1)CCC3.CC1=Cc2cc3c(cc2C1Cc1ccccc1)CCC3.ClCc1ccccc1.ClCc1ccccn1. The third-order valence-electron chi connectivity index (χ3n) is 22.6. The largest absolute Gasteiger partial charge is 0.261 e. The first-order valence-corrected chi connectivity index (χ1v) is 39.0. The molecule has 0 fully saturated rings. The van der Waals surface area contributed by atoms with Crippen molar-refractivity contribution in [2.75, 3.05) is 0 Å². The van der Waals surface area contributed by atoms with Gasteiger partial charge in [-0.25, -0.2) is 0 Å². The van der Waals surface area contributed by atoms with Gasteiger partial charge in [-0.15, -0.1) is 23.2 Å². The standard InChI is InChI=1S/2C26H25N.C20H20.C13H14.C7H7Cl.C6H6ClN/c2*1-18-23(14-19-8-3-2-4-9-19)25-15-20-10-7-11-21(20)16-26(25)24(18)17-22-12-5-6-13-27-22;1-14-10-18-12-16-8-5-9-17(16)13-20(18)19(14)11-15-6-3-2-4-7-15;1-9-5-12-7-10-3-2-4-11(10)8-13(12)6-9;8-6-7-4-2-1-3-5-7;7-5-6-3-1-2-4-8-6/h2-6,8-9,12-13,15-16,24H,7,10-11,14,17H2,1H3;2-6,8-9,12-13,15-16,23H,7,10-11,14,17H2,1H3;2-4,6-7,10,12-13,19H,5,8-9,11H2,1H3;5,7-8H,2-4,6H2,1H3;1-5H,6H2;1-4H,5H2. The molecule has 518 valence electrons. The Hall–Kier alpha value is -9.25. The molecule has 0 aliphatic heterocycles.